The van der Waals surface area contributed by atoms with Gasteiger partial charge >= 0.3 is 12.1 Å². The fourth-order valence-corrected chi connectivity index (χ4v) is 1.87. The van der Waals surface area contributed by atoms with E-state index in [-0.39, 0.29) is 11.3 Å². The number of Topliss-reactive ketones (excluding diaryl/α,β-unsaturated/α-hetero) is 1. The third kappa shape index (κ3) is 4.27. The Balaban J connectivity index is 3.18. The first-order valence-electron chi connectivity index (χ1n) is 6.00. The zero-order valence-electron chi connectivity index (χ0n) is 11.6. The molecule has 0 heterocycles. The number of nitrogens with zero attached hydrogens (tertiary/aromatic N) is 1. The van der Waals surface area contributed by atoms with Gasteiger partial charge in [-0.15, -0.1) is 0 Å². The predicted molar refractivity (Wildman–Crippen MR) is 67.9 cm³/mol. The van der Waals surface area contributed by atoms with Crippen molar-refractivity contribution in [1.29, 1.82) is 0 Å². The molecule has 1 unspecified atom stereocenters. The summed E-state index contributed by atoms with van der Waals surface area (Å²) in [4.78, 5) is 32.2. The van der Waals surface area contributed by atoms with E-state index < -0.39 is 34.9 Å². The molecule has 0 aliphatic carbocycles. The molecule has 0 N–H and O–H groups in total. The number of hydrogen-bond donors (Lipinski definition) is 0. The normalized spacial score (nSPS) is 14.0. The molecule has 1 aromatic carbocycles. The summed E-state index contributed by atoms with van der Waals surface area (Å²) in [7, 11) is 0. The van der Waals surface area contributed by atoms with Crippen molar-refractivity contribution in [2.45, 2.75) is 32.0 Å². The van der Waals surface area contributed by atoms with Gasteiger partial charge in [-0.3, -0.25) is 14.9 Å². The van der Waals surface area contributed by atoms with E-state index in [4.69, 9.17) is 0 Å². The number of non-ortho nitro benzene ring substituents is 1. The molecule has 0 amide bonds. The summed E-state index contributed by atoms with van der Waals surface area (Å²) >= 11 is 0. The number of carbonyl (C=O) groups is 2. The van der Waals surface area contributed by atoms with Crippen molar-refractivity contribution in [3.8, 4) is 0 Å². The molecule has 0 bridgehead atoms. The Labute approximate surface area is 123 Å². The maximum atomic E-state index is 12.4. The first-order chi connectivity index (χ1) is 9.95. The van der Waals surface area contributed by atoms with Gasteiger partial charge in [0.15, 0.2) is 0 Å². The van der Waals surface area contributed by atoms with Gasteiger partial charge in [0.05, 0.1) is 4.92 Å². The highest BCUT2D eigenvalue weighted by atomic mass is 19.4. The van der Waals surface area contributed by atoms with Crippen molar-refractivity contribution in [3.05, 3.63) is 39.9 Å². The van der Waals surface area contributed by atoms with Crippen LogP contribution in [-0.2, 0) is 19.9 Å². The molecule has 0 aliphatic rings. The van der Waals surface area contributed by atoms with Crippen molar-refractivity contribution >= 4 is 17.4 Å². The van der Waals surface area contributed by atoms with Gasteiger partial charge in [-0.25, -0.2) is 4.79 Å². The smallest absolute Gasteiger partial charge is 0.447 e. The number of nitro benzene ring substituents is 1. The summed E-state index contributed by atoms with van der Waals surface area (Å²) in [5, 5.41) is 10.6. The van der Waals surface area contributed by atoms with Crippen LogP contribution >= 0.6 is 0 Å². The lowest BCUT2D eigenvalue weighted by molar-refractivity contribution is -0.384. The van der Waals surface area contributed by atoms with Gasteiger partial charge < -0.3 is 4.74 Å². The van der Waals surface area contributed by atoms with Gasteiger partial charge in [0.2, 0.25) is 0 Å². The fourth-order valence-electron chi connectivity index (χ4n) is 1.87. The van der Waals surface area contributed by atoms with Gasteiger partial charge in [0.25, 0.3) is 5.69 Å². The van der Waals surface area contributed by atoms with Gasteiger partial charge in [-0.05, 0) is 31.5 Å². The SMILES string of the molecule is CC(=O)CC(C)(OC(=O)C(F)(F)F)c1ccc([N+](=O)[O-])cc1. The summed E-state index contributed by atoms with van der Waals surface area (Å²) < 4.78 is 41.5. The van der Waals surface area contributed by atoms with Crippen LogP contribution in [0.25, 0.3) is 0 Å². The highest BCUT2D eigenvalue weighted by molar-refractivity contribution is 5.79. The second-order valence-electron chi connectivity index (χ2n) is 4.80. The summed E-state index contributed by atoms with van der Waals surface area (Å²) in [5.74, 6) is -2.94. The first-order valence-corrected chi connectivity index (χ1v) is 6.00. The molecular weight excluding hydrogens is 307 g/mol. The van der Waals surface area contributed by atoms with Crippen molar-refractivity contribution in [1.82, 2.24) is 0 Å². The minimum atomic E-state index is -5.21. The third-order valence-electron chi connectivity index (χ3n) is 2.82. The summed E-state index contributed by atoms with van der Waals surface area (Å²) in [6.07, 6.45) is -5.70. The monoisotopic (exact) mass is 319 g/mol. The van der Waals surface area contributed by atoms with Crippen LogP contribution in [0, 0.1) is 10.1 Å². The average Bonchev–Trinajstić information content (AvgIpc) is 2.36. The van der Waals surface area contributed by atoms with E-state index in [9.17, 15) is 32.9 Å². The van der Waals surface area contributed by atoms with E-state index in [0.717, 1.165) is 38.1 Å². The molecule has 22 heavy (non-hydrogen) atoms. The molecule has 0 aromatic heterocycles. The summed E-state index contributed by atoms with van der Waals surface area (Å²) in [6.45, 7) is 2.27. The van der Waals surface area contributed by atoms with Crippen LogP contribution in [0.2, 0.25) is 0 Å². The van der Waals surface area contributed by atoms with Crippen LogP contribution in [0.3, 0.4) is 0 Å². The van der Waals surface area contributed by atoms with Crippen LogP contribution in [0.5, 0.6) is 0 Å². The Morgan fingerprint density at radius 2 is 1.73 bits per heavy atom. The van der Waals surface area contributed by atoms with Gasteiger partial charge in [-0.2, -0.15) is 13.2 Å². The Hall–Kier alpha value is -2.45. The van der Waals surface area contributed by atoms with E-state index in [1.54, 1.807) is 0 Å². The number of rotatable bonds is 5. The molecule has 1 rings (SSSR count). The third-order valence-corrected chi connectivity index (χ3v) is 2.82. The van der Waals surface area contributed by atoms with Crippen LogP contribution in [0.1, 0.15) is 25.8 Å². The number of benzene rings is 1. The predicted octanol–water partition coefficient (Wildman–Crippen LogP) is 2.89. The van der Waals surface area contributed by atoms with E-state index >= 15 is 0 Å². The number of nitro groups is 1. The summed E-state index contributed by atoms with van der Waals surface area (Å²) in [6, 6.07) is 4.39. The van der Waals surface area contributed by atoms with Crippen LogP contribution in [0.15, 0.2) is 24.3 Å². The van der Waals surface area contributed by atoms with E-state index in [1.807, 2.05) is 0 Å². The molecule has 1 aromatic rings. The lowest BCUT2D eigenvalue weighted by atomic mass is 9.90. The van der Waals surface area contributed by atoms with Crippen molar-refractivity contribution in [2.75, 3.05) is 0 Å². The molecule has 0 saturated carbocycles. The Morgan fingerprint density at radius 3 is 2.09 bits per heavy atom. The maximum absolute atomic E-state index is 12.4. The largest absolute Gasteiger partial charge is 0.490 e. The Kier molecular flexibility index (Phi) is 4.90. The van der Waals surface area contributed by atoms with E-state index in [0.29, 0.717) is 0 Å². The van der Waals surface area contributed by atoms with Crippen molar-refractivity contribution < 1.29 is 32.4 Å². The van der Waals surface area contributed by atoms with E-state index in [1.165, 1.54) is 0 Å². The highest BCUT2D eigenvalue weighted by Crippen LogP contribution is 2.33. The topological polar surface area (TPSA) is 86.5 Å². The zero-order valence-corrected chi connectivity index (χ0v) is 11.6. The average molecular weight is 319 g/mol. The zero-order chi connectivity index (χ0) is 17.1. The van der Waals surface area contributed by atoms with Gasteiger partial charge in [-0.1, -0.05) is 0 Å². The second kappa shape index (κ2) is 6.12. The van der Waals surface area contributed by atoms with E-state index in [2.05, 4.69) is 4.74 Å². The minimum absolute atomic E-state index is 0.0471. The minimum Gasteiger partial charge on any atom is -0.447 e. The van der Waals surface area contributed by atoms with Crippen molar-refractivity contribution in [2.24, 2.45) is 0 Å². The number of ketones is 1. The van der Waals surface area contributed by atoms with Crippen LogP contribution in [-0.4, -0.2) is 22.9 Å². The summed E-state index contributed by atoms with van der Waals surface area (Å²) in [5.41, 5.74) is -2.10. The lowest BCUT2D eigenvalue weighted by Crippen LogP contribution is -2.37. The Bertz CT molecular complexity index is 597. The molecule has 0 spiro atoms. The number of carbonyl (C=O) groups excluding carboxylic acids is 2. The maximum Gasteiger partial charge on any atom is 0.490 e. The highest BCUT2D eigenvalue weighted by Gasteiger charge is 2.46. The molecule has 9 heteroatoms. The van der Waals surface area contributed by atoms with Gasteiger partial charge in [0, 0.05) is 18.6 Å². The first kappa shape index (κ1) is 17.6. The molecular formula is C13H12F3NO5. The lowest BCUT2D eigenvalue weighted by Gasteiger charge is -2.29. The standard InChI is InChI=1S/C13H12F3NO5/c1-8(18)7-12(2,22-11(19)13(14,15)16)9-3-5-10(6-4-9)17(20)21/h3-6H,7H2,1-2H3. The number of ether oxygens (including phenoxy) is 1. The quantitative estimate of drug-likeness (QED) is 0.473. The fraction of sp³-hybridized carbons (Fsp3) is 0.385. The Morgan fingerprint density at radius 1 is 1.23 bits per heavy atom. The van der Waals surface area contributed by atoms with Crippen LogP contribution < -0.4 is 0 Å². The number of esters is 1. The van der Waals surface area contributed by atoms with Crippen molar-refractivity contribution in [3.63, 3.8) is 0 Å². The molecule has 0 aliphatic heterocycles. The molecule has 0 fully saturated rings. The second-order valence-corrected chi connectivity index (χ2v) is 4.80. The number of hydrogen-bond acceptors (Lipinski definition) is 5. The molecule has 0 saturated heterocycles. The van der Waals surface area contributed by atoms with Gasteiger partial charge in [0.1, 0.15) is 11.4 Å². The van der Waals surface area contributed by atoms with Crippen LogP contribution in [0.4, 0.5) is 18.9 Å². The number of alkyl halides is 3. The molecule has 1 atom stereocenters. The molecule has 6 nitrogen and oxygen atoms in total. The molecule has 120 valence electrons. The number of halogens is 3. The molecule has 0 radical (unpaired) electrons.